The molecule has 0 fully saturated rings. The van der Waals surface area contributed by atoms with E-state index in [4.69, 9.17) is 17.3 Å². The molecule has 5 rings (SSSR count). The van der Waals surface area contributed by atoms with Gasteiger partial charge in [-0.1, -0.05) is 72.3 Å². The first kappa shape index (κ1) is 17.4. The van der Waals surface area contributed by atoms with Gasteiger partial charge in [-0.05, 0) is 22.9 Å². The summed E-state index contributed by atoms with van der Waals surface area (Å²) < 4.78 is 1.54. The van der Waals surface area contributed by atoms with E-state index in [2.05, 4.69) is 33.3 Å². The van der Waals surface area contributed by atoms with Crippen molar-refractivity contribution >= 4 is 45.4 Å². The molecule has 6 heteroatoms. The summed E-state index contributed by atoms with van der Waals surface area (Å²) in [5.41, 5.74) is 9.43. The lowest BCUT2D eigenvalue weighted by Gasteiger charge is -2.03. The molecule has 0 spiro atoms. The van der Waals surface area contributed by atoms with Gasteiger partial charge in [0.05, 0.1) is 23.6 Å². The molecule has 5 aromatic rings. The maximum Gasteiger partial charge on any atom is 0.221 e. The van der Waals surface area contributed by atoms with Crippen LogP contribution in [0.15, 0.2) is 84.1 Å². The van der Waals surface area contributed by atoms with Crippen LogP contribution in [0.4, 0.5) is 5.95 Å². The van der Waals surface area contributed by atoms with Gasteiger partial charge in [0, 0.05) is 16.5 Å². The molecule has 0 atom stereocenters. The number of nitrogen functional groups attached to an aromatic ring is 1. The van der Waals surface area contributed by atoms with E-state index < -0.39 is 0 Å². The van der Waals surface area contributed by atoms with E-state index >= 15 is 0 Å². The van der Waals surface area contributed by atoms with Gasteiger partial charge in [0.25, 0.3) is 0 Å². The zero-order valence-electron chi connectivity index (χ0n) is 15.3. The molecule has 0 radical (unpaired) electrons. The number of anilines is 1. The highest BCUT2D eigenvalue weighted by Crippen LogP contribution is 2.28. The number of fused-ring (bicyclic) bond motifs is 2. The van der Waals surface area contributed by atoms with Gasteiger partial charge in [-0.25, -0.2) is 14.6 Å². The third kappa shape index (κ3) is 3.22. The summed E-state index contributed by atoms with van der Waals surface area (Å²) in [5, 5.41) is 8.10. The van der Waals surface area contributed by atoms with E-state index in [-0.39, 0.29) is 0 Å². The summed E-state index contributed by atoms with van der Waals surface area (Å²) in [6.45, 7) is 0. The number of benzene rings is 3. The summed E-state index contributed by atoms with van der Waals surface area (Å²) in [6.07, 6.45) is 3.46. The first-order chi connectivity index (χ1) is 14.2. The Morgan fingerprint density at radius 1 is 0.897 bits per heavy atom. The maximum absolute atomic E-state index is 6.32. The van der Waals surface area contributed by atoms with Crippen LogP contribution in [-0.2, 0) is 0 Å². The van der Waals surface area contributed by atoms with E-state index in [1.807, 2.05) is 60.8 Å². The number of hydrogen-bond acceptors (Lipinski definition) is 4. The molecule has 5 nitrogen and oxygen atoms in total. The molecular formula is C23H16ClN5. The second-order valence-electron chi connectivity index (χ2n) is 6.66. The van der Waals surface area contributed by atoms with E-state index in [9.17, 15) is 0 Å². The van der Waals surface area contributed by atoms with Crippen LogP contribution in [0.25, 0.3) is 32.9 Å². The van der Waals surface area contributed by atoms with Gasteiger partial charge in [-0.15, -0.1) is 0 Å². The molecule has 0 unspecified atom stereocenters. The van der Waals surface area contributed by atoms with E-state index in [1.165, 1.54) is 0 Å². The fourth-order valence-corrected chi connectivity index (χ4v) is 3.57. The highest BCUT2D eigenvalue weighted by atomic mass is 35.5. The van der Waals surface area contributed by atoms with Gasteiger partial charge in [-0.2, -0.15) is 5.10 Å². The zero-order chi connectivity index (χ0) is 19.8. The normalized spacial score (nSPS) is 11.6. The van der Waals surface area contributed by atoms with E-state index in [0.717, 1.165) is 32.9 Å². The smallest absolute Gasteiger partial charge is 0.221 e. The molecule has 0 aliphatic rings. The van der Waals surface area contributed by atoms with Crippen molar-refractivity contribution in [2.24, 2.45) is 5.10 Å². The van der Waals surface area contributed by atoms with Crippen LogP contribution >= 0.6 is 11.6 Å². The van der Waals surface area contributed by atoms with Crippen molar-refractivity contribution in [3.05, 3.63) is 89.7 Å². The number of aromatic nitrogens is 3. The number of imidazole rings is 1. The van der Waals surface area contributed by atoms with Crippen LogP contribution in [-0.4, -0.2) is 20.9 Å². The van der Waals surface area contributed by atoms with Crippen molar-refractivity contribution in [1.29, 1.82) is 0 Å². The topological polar surface area (TPSA) is 69.1 Å². The number of halogens is 1. The molecule has 0 aliphatic carbocycles. The van der Waals surface area contributed by atoms with Crippen molar-refractivity contribution < 1.29 is 0 Å². The van der Waals surface area contributed by atoms with Gasteiger partial charge in [0.2, 0.25) is 5.95 Å². The number of pyridine rings is 1. The number of hydrogen-bond donors (Lipinski definition) is 1. The monoisotopic (exact) mass is 397 g/mol. The van der Waals surface area contributed by atoms with Crippen molar-refractivity contribution in [3.63, 3.8) is 0 Å². The fourth-order valence-electron chi connectivity index (χ4n) is 3.38. The highest BCUT2D eigenvalue weighted by molar-refractivity contribution is 6.32. The minimum atomic E-state index is 0.300. The predicted molar refractivity (Wildman–Crippen MR) is 119 cm³/mol. The van der Waals surface area contributed by atoms with E-state index in [1.54, 1.807) is 10.9 Å². The Morgan fingerprint density at radius 2 is 1.66 bits per heavy atom. The van der Waals surface area contributed by atoms with Crippen LogP contribution in [0.1, 0.15) is 5.56 Å². The summed E-state index contributed by atoms with van der Waals surface area (Å²) in [7, 11) is 0. The summed E-state index contributed by atoms with van der Waals surface area (Å²) in [4.78, 5) is 8.91. The van der Waals surface area contributed by atoms with Gasteiger partial charge >= 0.3 is 0 Å². The average molecular weight is 398 g/mol. The quantitative estimate of drug-likeness (QED) is 0.328. The van der Waals surface area contributed by atoms with Crippen molar-refractivity contribution in [2.75, 3.05) is 5.73 Å². The Balaban J connectivity index is 1.54. The summed E-state index contributed by atoms with van der Waals surface area (Å²) in [6, 6.07) is 24.0. The van der Waals surface area contributed by atoms with Gasteiger partial charge < -0.3 is 5.73 Å². The lowest BCUT2D eigenvalue weighted by molar-refractivity contribution is 0.898. The van der Waals surface area contributed by atoms with Crippen LogP contribution in [0.2, 0.25) is 5.15 Å². The SMILES string of the molecule is Nc1nc(-c2cccc3ccccc23)cn1/N=C/c1cc2ccccc2nc1Cl. The third-order valence-corrected chi connectivity index (χ3v) is 5.11. The molecule has 140 valence electrons. The van der Waals surface area contributed by atoms with Crippen molar-refractivity contribution in [3.8, 4) is 11.3 Å². The van der Waals surface area contributed by atoms with Crippen LogP contribution in [0.3, 0.4) is 0 Å². The zero-order valence-corrected chi connectivity index (χ0v) is 16.1. The lowest BCUT2D eigenvalue weighted by atomic mass is 10.0. The minimum absolute atomic E-state index is 0.300. The molecule has 2 aromatic heterocycles. The standard InChI is InChI=1S/C23H16ClN5/c24-22-17(12-16-7-2-4-11-20(16)27-22)13-26-29-14-21(28-23(29)25)19-10-5-8-15-6-1-3-9-18(15)19/h1-14H,(H2,25,28)/b26-13+. The second kappa shape index (κ2) is 7.04. The van der Waals surface area contributed by atoms with Crippen LogP contribution in [0, 0.1) is 0 Å². The molecule has 0 aliphatic heterocycles. The first-order valence-corrected chi connectivity index (χ1v) is 9.49. The molecule has 2 N–H and O–H groups in total. The summed E-state index contributed by atoms with van der Waals surface area (Å²) in [5.74, 6) is 0.300. The molecule has 0 bridgehead atoms. The Labute approximate surface area is 172 Å². The third-order valence-electron chi connectivity index (χ3n) is 4.81. The Bertz CT molecular complexity index is 1380. The Hall–Kier alpha value is -3.70. The molecule has 3 aromatic carbocycles. The van der Waals surface area contributed by atoms with Crippen LogP contribution < -0.4 is 5.73 Å². The van der Waals surface area contributed by atoms with Gasteiger partial charge in [-0.3, -0.25) is 0 Å². The van der Waals surface area contributed by atoms with Gasteiger partial charge in [0.1, 0.15) is 5.15 Å². The number of nitrogens with zero attached hydrogens (tertiary/aromatic N) is 4. The largest absolute Gasteiger partial charge is 0.368 e. The first-order valence-electron chi connectivity index (χ1n) is 9.12. The van der Waals surface area contributed by atoms with Crippen LogP contribution in [0.5, 0.6) is 0 Å². The molecular weight excluding hydrogens is 382 g/mol. The fraction of sp³-hybridized carbons (Fsp3) is 0. The lowest BCUT2D eigenvalue weighted by Crippen LogP contribution is -1.97. The molecule has 2 heterocycles. The molecule has 29 heavy (non-hydrogen) atoms. The number of para-hydroxylation sites is 1. The molecule has 0 saturated heterocycles. The number of nitrogens with two attached hydrogens (primary N) is 1. The second-order valence-corrected chi connectivity index (χ2v) is 7.02. The Kier molecular flexibility index (Phi) is 4.22. The molecule has 0 saturated carbocycles. The predicted octanol–water partition coefficient (Wildman–Crippen LogP) is 5.37. The van der Waals surface area contributed by atoms with Crippen molar-refractivity contribution in [2.45, 2.75) is 0 Å². The van der Waals surface area contributed by atoms with E-state index in [0.29, 0.717) is 16.7 Å². The number of rotatable bonds is 3. The van der Waals surface area contributed by atoms with Gasteiger partial charge in [0.15, 0.2) is 0 Å². The minimum Gasteiger partial charge on any atom is -0.368 e. The maximum atomic E-state index is 6.32. The highest BCUT2D eigenvalue weighted by Gasteiger charge is 2.10. The van der Waals surface area contributed by atoms with Crippen molar-refractivity contribution in [1.82, 2.24) is 14.6 Å². The average Bonchev–Trinajstić information content (AvgIpc) is 3.12. The molecule has 0 amide bonds. The summed E-state index contributed by atoms with van der Waals surface area (Å²) >= 11 is 6.32. The Morgan fingerprint density at radius 3 is 2.55 bits per heavy atom.